The number of ether oxygens (including phenoxy) is 1. The molecule has 4 bridgehead atoms. The molecule has 194 valence electrons. The van der Waals surface area contributed by atoms with Crippen LogP contribution < -0.4 is 4.74 Å². The van der Waals surface area contributed by atoms with Gasteiger partial charge in [0.15, 0.2) is 0 Å². The molecule has 0 atom stereocenters. The van der Waals surface area contributed by atoms with Crippen molar-refractivity contribution in [3.63, 3.8) is 0 Å². The molecule has 0 unspecified atom stereocenters. The van der Waals surface area contributed by atoms with Crippen molar-refractivity contribution >= 4 is 27.3 Å². The molecule has 0 aromatic heterocycles. The van der Waals surface area contributed by atoms with Crippen molar-refractivity contribution in [1.29, 1.82) is 0 Å². The van der Waals surface area contributed by atoms with E-state index >= 15 is 0 Å². The zero-order chi connectivity index (χ0) is 25.1. The molecule has 0 N–H and O–H groups in total. The van der Waals surface area contributed by atoms with Gasteiger partial charge in [-0.15, -0.1) is 0 Å². The molecule has 0 aliphatic heterocycles. The molecular weight excluding hydrogens is 492 g/mol. The Kier molecular flexibility index (Phi) is 8.09. The molecular formula is C30H37ClO4S. The summed E-state index contributed by atoms with van der Waals surface area (Å²) >= 11 is 6.27. The Morgan fingerprint density at radius 3 is 2.08 bits per heavy atom. The molecule has 0 radical (unpaired) electrons. The smallest absolute Gasteiger partial charge is 0.264 e. The van der Waals surface area contributed by atoms with Crippen LogP contribution in [0, 0.1) is 23.7 Å². The summed E-state index contributed by atoms with van der Waals surface area (Å²) in [4.78, 5) is 0. The molecule has 0 spiro atoms. The second-order valence-electron chi connectivity index (χ2n) is 10.9. The van der Waals surface area contributed by atoms with Crippen LogP contribution in [0.4, 0.5) is 0 Å². The molecule has 4 aliphatic carbocycles. The number of allylic oxidation sites excluding steroid dienone is 1. The fourth-order valence-electron chi connectivity index (χ4n) is 6.94. The minimum absolute atomic E-state index is 0.255. The van der Waals surface area contributed by atoms with Crippen LogP contribution in [0.3, 0.4) is 0 Å². The van der Waals surface area contributed by atoms with Crippen molar-refractivity contribution in [2.45, 2.75) is 57.8 Å². The Morgan fingerprint density at radius 1 is 0.833 bits per heavy atom. The maximum atomic E-state index is 11.1. The van der Waals surface area contributed by atoms with Crippen molar-refractivity contribution in [2.24, 2.45) is 23.7 Å². The number of hydrogen-bond acceptors (Lipinski definition) is 4. The average Bonchev–Trinajstić information content (AvgIpc) is 2.83. The van der Waals surface area contributed by atoms with Gasteiger partial charge in [-0.2, -0.15) is 8.42 Å². The lowest BCUT2D eigenvalue weighted by Gasteiger charge is -2.52. The second kappa shape index (κ2) is 11.3. The van der Waals surface area contributed by atoms with Gasteiger partial charge in [0.25, 0.3) is 10.1 Å². The molecule has 0 amide bonds. The van der Waals surface area contributed by atoms with Gasteiger partial charge in [0.2, 0.25) is 0 Å². The van der Waals surface area contributed by atoms with E-state index in [2.05, 4.69) is 36.4 Å². The Morgan fingerprint density at radius 2 is 1.44 bits per heavy atom. The first kappa shape index (κ1) is 25.8. The number of hydrogen-bond donors (Lipinski definition) is 0. The van der Waals surface area contributed by atoms with E-state index in [4.69, 9.17) is 20.5 Å². The molecule has 6 rings (SSSR count). The normalized spacial score (nSPS) is 24.8. The van der Waals surface area contributed by atoms with Crippen molar-refractivity contribution in [2.75, 3.05) is 19.5 Å². The molecule has 0 heterocycles. The average molecular weight is 529 g/mol. The van der Waals surface area contributed by atoms with E-state index in [1.54, 1.807) is 5.57 Å². The summed E-state index contributed by atoms with van der Waals surface area (Å²) in [7, 11) is -3.35. The number of unbranched alkanes of at least 4 members (excludes halogenated alkanes) is 3. The minimum Gasteiger partial charge on any atom is -0.493 e. The highest BCUT2D eigenvalue weighted by atomic mass is 35.5. The van der Waals surface area contributed by atoms with Gasteiger partial charge in [-0.3, -0.25) is 4.18 Å². The predicted octanol–water partition coefficient (Wildman–Crippen LogP) is 7.51. The van der Waals surface area contributed by atoms with E-state index in [1.165, 1.54) is 48.8 Å². The third kappa shape index (κ3) is 6.17. The molecule has 36 heavy (non-hydrogen) atoms. The SMILES string of the molecule is CS(=O)(=O)OCCCCCCOc1ccccc1C(=C1C2CC3CC(C2)CC1C3)c1ccc(Cl)cc1. The van der Waals surface area contributed by atoms with E-state index in [0.717, 1.165) is 54.5 Å². The largest absolute Gasteiger partial charge is 0.493 e. The van der Waals surface area contributed by atoms with Crippen molar-refractivity contribution in [1.82, 2.24) is 0 Å². The first-order chi connectivity index (χ1) is 17.4. The highest BCUT2D eigenvalue weighted by molar-refractivity contribution is 7.85. The monoisotopic (exact) mass is 528 g/mol. The number of para-hydroxylation sites is 1. The predicted molar refractivity (Wildman–Crippen MR) is 146 cm³/mol. The van der Waals surface area contributed by atoms with Gasteiger partial charge in [0.05, 0.1) is 19.5 Å². The Hall–Kier alpha value is -1.82. The third-order valence-electron chi connectivity index (χ3n) is 8.19. The molecule has 2 aromatic rings. The van der Waals surface area contributed by atoms with Crippen LogP contribution in [-0.4, -0.2) is 27.9 Å². The van der Waals surface area contributed by atoms with E-state index in [-0.39, 0.29) is 6.61 Å². The molecule has 4 saturated carbocycles. The van der Waals surface area contributed by atoms with Crippen LogP contribution >= 0.6 is 11.6 Å². The summed E-state index contributed by atoms with van der Waals surface area (Å²) in [6.07, 6.45) is 11.5. The van der Waals surface area contributed by atoms with Gasteiger partial charge in [-0.1, -0.05) is 53.9 Å². The van der Waals surface area contributed by atoms with Crippen LogP contribution in [0.15, 0.2) is 54.1 Å². The van der Waals surface area contributed by atoms with E-state index < -0.39 is 10.1 Å². The fourth-order valence-corrected chi connectivity index (χ4v) is 7.49. The van der Waals surface area contributed by atoms with Crippen molar-refractivity contribution < 1.29 is 17.3 Å². The first-order valence-electron chi connectivity index (χ1n) is 13.4. The fraction of sp³-hybridized carbons (Fsp3) is 0.533. The van der Waals surface area contributed by atoms with Crippen LogP contribution in [0.1, 0.15) is 68.9 Å². The zero-order valence-electron chi connectivity index (χ0n) is 21.1. The minimum atomic E-state index is -3.35. The van der Waals surface area contributed by atoms with Gasteiger partial charge in [-0.25, -0.2) is 0 Å². The number of rotatable bonds is 11. The summed E-state index contributed by atoms with van der Waals surface area (Å²) in [6, 6.07) is 16.9. The summed E-state index contributed by atoms with van der Waals surface area (Å²) in [5, 5.41) is 0.764. The van der Waals surface area contributed by atoms with Crippen LogP contribution in [-0.2, 0) is 14.3 Å². The van der Waals surface area contributed by atoms with E-state index in [0.29, 0.717) is 18.4 Å². The molecule has 2 aromatic carbocycles. The molecule has 4 fully saturated rings. The summed E-state index contributed by atoms with van der Waals surface area (Å²) in [5.74, 6) is 4.15. The summed E-state index contributed by atoms with van der Waals surface area (Å²) < 4.78 is 33.3. The van der Waals surface area contributed by atoms with Gasteiger partial charge < -0.3 is 4.74 Å². The molecule has 0 saturated heterocycles. The molecule has 4 aliphatic rings. The standard InChI is InChI=1S/C30H37ClO4S/c1-36(32,33)35-15-7-3-2-6-14-34-28-9-5-4-8-27(28)30(23-10-12-26(31)13-11-23)29-24-17-21-16-22(19-24)20-25(29)18-21/h4-5,8-13,21-22,24-25H,2-3,6-7,14-20H2,1H3. The van der Waals surface area contributed by atoms with Crippen LogP contribution in [0.2, 0.25) is 5.02 Å². The maximum Gasteiger partial charge on any atom is 0.264 e. The van der Waals surface area contributed by atoms with Crippen LogP contribution in [0.25, 0.3) is 5.57 Å². The summed E-state index contributed by atoms with van der Waals surface area (Å²) in [5.41, 5.74) is 5.47. The zero-order valence-corrected chi connectivity index (χ0v) is 22.7. The van der Waals surface area contributed by atoms with Crippen molar-refractivity contribution in [3.8, 4) is 5.75 Å². The highest BCUT2D eigenvalue weighted by Crippen LogP contribution is 2.58. The molecule has 6 heteroatoms. The highest BCUT2D eigenvalue weighted by Gasteiger charge is 2.46. The Labute approximate surface area is 221 Å². The van der Waals surface area contributed by atoms with E-state index in [1.807, 2.05) is 12.1 Å². The number of benzene rings is 2. The van der Waals surface area contributed by atoms with Gasteiger partial charge >= 0.3 is 0 Å². The number of halogens is 1. The lowest BCUT2D eigenvalue weighted by atomic mass is 9.53. The quantitative estimate of drug-likeness (QED) is 0.223. The summed E-state index contributed by atoms with van der Waals surface area (Å²) in [6.45, 7) is 0.898. The maximum absolute atomic E-state index is 11.1. The van der Waals surface area contributed by atoms with E-state index in [9.17, 15) is 8.42 Å². The first-order valence-corrected chi connectivity index (χ1v) is 15.6. The third-order valence-corrected chi connectivity index (χ3v) is 9.04. The Balaban J connectivity index is 1.33. The lowest BCUT2D eigenvalue weighted by Crippen LogP contribution is -2.40. The topological polar surface area (TPSA) is 52.6 Å². The van der Waals surface area contributed by atoms with Gasteiger partial charge in [-0.05, 0) is 104 Å². The lowest BCUT2D eigenvalue weighted by molar-refractivity contribution is 0.0705. The van der Waals surface area contributed by atoms with Gasteiger partial charge in [0.1, 0.15) is 5.75 Å². The Bertz CT molecular complexity index is 1160. The van der Waals surface area contributed by atoms with Crippen molar-refractivity contribution in [3.05, 3.63) is 70.3 Å². The second-order valence-corrected chi connectivity index (χ2v) is 13.0. The molecule has 4 nitrogen and oxygen atoms in total. The van der Waals surface area contributed by atoms with Gasteiger partial charge in [0, 0.05) is 10.6 Å². The van der Waals surface area contributed by atoms with Crippen LogP contribution in [0.5, 0.6) is 5.75 Å².